The van der Waals surface area contributed by atoms with Crippen LogP contribution in [0.3, 0.4) is 0 Å². The van der Waals surface area contributed by atoms with Crippen molar-refractivity contribution in [3.63, 3.8) is 0 Å². The Labute approximate surface area is 111 Å². The second-order valence-corrected chi connectivity index (χ2v) is 3.75. The number of benzene rings is 2. The van der Waals surface area contributed by atoms with Gasteiger partial charge in [-0.25, -0.2) is 8.78 Å². The van der Waals surface area contributed by atoms with E-state index in [-0.39, 0.29) is 11.1 Å². The fourth-order valence-corrected chi connectivity index (χ4v) is 1.96. The molecule has 0 aliphatic carbocycles. The first-order chi connectivity index (χ1) is 9.08. The first-order valence-electron chi connectivity index (χ1n) is 6.18. The molecule has 0 unspecified atom stereocenters. The number of aryl methyl sites for hydroxylation is 1. The number of phenols is 1. The van der Waals surface area contributed by atoms with Crippen LogP contribution in [-0.4, -0.2) is 5.11 Å². The Balaban J connectivity index is 0.000000861. The van der Waals surface area contributed by atoms with E-state index in [1.807, 2.05) is 20.8 Å². The maximum Gasteiger partial charge on any atom is 0.166 e. The molecule has 0 radical (unpaired) electrons. The van der Waals surface area contributed by atoms with Gasteiger partial charge in [0.05, 0.1) is 0 Å². The molecular formula is C16H16F2O. The minimum absolute atomic E-state index is 0.0230. The maximum atomic E-state index is 13.7. The van der Waals surface area contributed by atoms with E-state index in [2.05, 4.69) is 5.92 Å². The zero-order valence-electron chi connectivity index (χ0n) is 11.2. The molecule has 0 amide bonds. The minimum Gasteiger partial charge on any atom is -0.508 e. The molecule has 0 atom stereocenters. The molecule has 2 aromatic carbocycles. The Kier molecular flexibility index (Phi) is 4.88. The summed E-state index contributed by atoms with van der Waals surface area (Å²) in [5.74, 6) is 0.265. The van der Waals surface area contributed by atoms with Gasteiger partial charge >= 0.3 is 0 Å². The molecule has 0 aliphatic heterocycles. The minimum atomic E-state index is -1.00. The molecule has 0 aliphatic rings. The molecule has 0 spiro atoms. The predicted octanol–water partition coefficient (Wildman–Crippen LogP) is 4.39. The van der Waals surface area contributed by atoms with Crippen molar-refractivity contribution in [1.82, 2.24) is 0 Å². The van der Waals surface area contributed by atoms with E-state index in [1.54, 1.807) is 0 Å². The number of hydrogen-bond acceptors (Lipinski definition) is 1. The van der Waals surface area contributed by atoms with Gasteiger partial charge in [0.25, 0.3) is 0 Å². The summed E-state index contributed by atoms with van der Waals surface area (Å²) in [6.45, 7) is 5.86. The van der Waals surface area contributed by atoms with Crippen LogP contribution in [0.15, 0.2) is 18.2 Å². The first kappa shape index (κ1) is 15.0. The van der Waals surface area contributed by atoms with Gasteiger partial charge in [0.1, 0.15) is 5.75 Å². The molecule has 1 nitrogen and oxygen atoms in total. The summed E-state index contributed by atoms with van der Waals surface area (Å²) in [6, 6.07) is 3.71. The molecule has 3 heteroatoms. The van der Waals surface area contributed by atoms with Crippen LogP contribution in [0.5, 0.6) is 5.75 Å². The molecule has 19 heavy (non-hydrogen) atoms. The molecule has 2 rings (SSSR count). The number of rotatable bonds is 1. The largest absolute Gasteiger partial charge is 0.508 e. The summed E-state index contributed by atoms with van der Waals surface area (Å²) in [5.41, 5.74) is 1.00. The molecule has 0 heterocycles. The van der Waals surface area contributed by atoms with Crippen LogP contribution in [0.2, 0.25) is 0 Å². The van der Waals surface area contributed by atoms with E-state index in [1.165, 1.54) is 12.1 Å². The third kappa shape index (κ3) is 2.68. The predicted molar refractivity (Wildman–Crippen MR) is 74.2 cm³/mol. The Hall–Kier alpha value is -2.08. The average Bonchev–Trinajstić information content (AvgIpc) is 2.44. The van der Waals surface area contributed by atoms with Crippen molar-refractivity contribution in [3.8, 4) is 18.1 Å². The summed E-state index contributed by atoms with van der Waals surface area (Å²) in [5, 5.41) is 10.00. The number of hydrogen-bond donors (Lipinski definition) is 1. The number of fused-ring (bicyclic) bond motifs is 1. The summed E-state index contributed by atoms with van der Waals surface area (Å²) in [4.78, 5) is 0. The van der Waals surface area contributed by atoms with Crippen LogP contribution in [-0.2, 0) is 6.42 Å². The van der Waals surface area contributed by atoms with Crippen molar-refractivity contribution in [3.05, 3.63) is 41.0 Å². The van der Waals surface area contributed by atoms with Crippen LogP contribution < -0.4 is 0 Å². The highest BCUT2D eigenvalue weighted by Crippen LogP contribution is 2.31. The van der Waals surface area contributed by atoms with Gasteiger partial charge in [-0.15, -0.1) is 6.42 Å². The van der Waals surface area contributed by atoms with E-state index < -0.39 is 11.6 Å². The lowest BCUT2D eigenvalue weighted by atomic mass is 9.97. The van der Waals surface area contributed by atoms with Crippen molar-refractivity contribution in [2.75, 3.05) is 0 Å². The summed E-state index contributed by atoms with van der Waals surface area (Å²) in [7, 11) is 0. The van der Waals surface area contributed by atoms with Crippen LogP contribution >= 0.6 is 0 Å². The van der Waals surface area contributed by atoms with Crippen molar-refractivity contribution >= 4 is 10.8 Å². The van der Waals surface area contributed by atoms with Gasteiger partial charge in [-0.05, 0) is 30.2 Å². The lowest BCUT2D eigenvalue weighted by Gasteiger charge is -2.09. The lowest BCUT2D eigenvalue weighted by Crippen LogP contribution is -1.94. The average molecular weight is 262 g/mol. The monoisotopic (exact) mass is 262 g/mol. The second-order valence-electron chi connectivity index (χ2n) is 3.75. The van der Waals surface area contributed by atoms with Crippen LogP contribution in [0, 0.1) is 24.0 Å². The van der Waals surface area contributed by atoms with Crippen LogP contribution in [0.25, 0.3) is 10.8 Å². The highest BCUT2D eigenvalue weighted by atomic mass is 19.2. The van der Waals surface area contributed by atoms with Crippen LogP contribution in [0.4, 0.5) is 8.78 Å². The third-order valence-electron chi connectivity index (χ3n) is 2.73. The Morgan fingerprint density at radius 1 is 1.21 bits per heavy atom. The van der Waals surface area contributed by atoms with Gasteiger partial charge in [0.15, 0.2) is 11.6 Å². The summed E-state index contributed by atoms with van der Waals surface area (Å²) in [6.07, 6.45) is 5.87. The van der Waals surface area contributed by atoms with E-state index in [9.17, 15) is 13.9 Å². The van der Waals surface area contributed by atoms with Crippen molar-refractivity contribution in [1.29, 1.82) is 0 Å². The van der Waals surface area contributed by atoms with Gasteiger partial charge in [0, 0.05) is 16.3 Å². The van der Waals surface area contributed by atoms with Crippen molar-refractivity contribution in [2.45, 2.75) is 27.2 Å². The molecule has 0 saturated carbocycles. The van der Waals surface area contributed by atoms with Gasteiger partial charge in [-0.3, -0.25) is 0 Å². The number of halogens is 2. The van der Waals surface area contributed by atoms with Gasteiger partial charge in [0.2, 0.25) is 0 Å². The third-order valence-corrected chi connectivity index (χ3v) is 2.73. The second kappa shape index (κ2) is 6.19. The topological polar surface area (TPSA) is 20.2 Å². The first-order valence-corrected chi connectivity index (χ1v) is 6.18. The number of aromatic hydroxyl groups is 1. The van der Waals surface area contributed by atoms with Crippen molar-refractivity contribution < 1.29 is 13.9 Å². The zero-order valence-corrected chi connectivity index (χ0v) is 11.2. The van der Waals surface area contributed by atoms with Crippen LogP contribution in [0.1, 0.15) is 31.9 Å². The summed E-state index contributed by atoms with van der Waals surface area (Å²) < 4.78 is 27.0. The molecule has 0 bridgehead atoms. The quantitative estimate of drug-likeness (QED) is 0.755. The number of phenolic OH excluding ortho intramolecular Hbond substituents is 1. The Morgan fingerprint density at radius 2 is 1.84 bits per heavy atom. The van der Waals surface area contributed by atoms with E-state index >= 15 is 0 Å². The van der Waals surface area contributed by atoms with Crippen molar-refractivity contribution in [2.24, 2.45) is 0 Å². The molecule has 2 aromatic rings. The molecule has 0 saturated heterocycles. The SMILES string of the molecule is C#Cc1cc(F)c(F)c2cc(O)cc(CC)c12.CC. The molecule has 1 N–H and O–H groups in total. The zero-order chi connectivity index (χ0) is 14.6. The number of terminal acetylenes is 1. The Bertz CT molecular complexity index is 639. The fraction of sp³-hybridized carbons (Fsp3) is 0.250. The standard InChI is InChI=1S/C14H10F2O.C2H6/c1-3-8-5-10(17)7-11-13(8)9(4-2)6-12(15)14(11)16;1-2/h2,5-7,17H,3H2,1H3;1-2H3. The smallest absolute Gasteiger partial charge is 0.166 e. The maximum absolute atomic E-state index is 13.7. The molecule has 0 fully saturated rings. The van der Waals surface area contributed by atoms with E-state index in [0.717, 1.165) is 6.07 Å². The highest BCUT2D eigenvalue weighted by Gasteiger charge is 2.14. The highest BCUT2D eigenvalue weighted by molar-refractivity contribution is 5.92. The fourth-order valence-electron chi connectivity index (χ4n) is 1.96. The van der Waals surface area contributed by atoms with E-state index in [4.69, 9.17) is 6.42 Å². The lowest BCUT2D eigenvalue weighted by molar-refractivity contribution is 0.474. The van der Waals surface area contributed by atoms with Gasteiger partial charge < -0.3 is 5.11 Å². The normalized spacial score (nSPS) is 9.68. The van der Waals surface area contributed by atoms with Gasteiger partial charge in [-0.1, -0.05) is 26.7 Å². The molecule has 0 aromatic heterocycles. The Morgan fingerprint density at radius 3 is 2.37 bits per heavy atom. The molecular weight excluding hydrogens is 246 g/mol. The van der Waals surface area contributed by atoms with Gasteiger partial charge in [-0.2, -0.15) is 0 Å². The molecule has 100 valence electrons. The van der Waals surface area contributed by atoms with E-state index in [0.29, 0.717) is 22.9 Å². The summed E-state index contributed by atoms with van der Waals surface area (Å²) >= 11 is 0.